The second kappa shape index (κ2) is 11.9. The highest BCUT2D eigenvalue weighted by Gasteiger charge is 2.38. The lowest BCUT2D eigenvalue weighted by molar-refractivity contribution is -0.113. The Morgan fingerprint density at radius 3 is 2.35 bits per heavy atom. The molecule has 0 aliphatic carbocycles. The van der Waals surface area contributed by atoms with Crippen LogP contribution in [0.4, 0.5) is 15.9 Å². The first kappa shape index (κ1) is 29.8. The minimum atomic E-state index is -0.488. The standard InChI is InChI=1S/C31H27FN6O3S2/c1-5-36-27(34-17-20-11-13-21(32)14-12-20)23(18(2)24(16-33)28(36)39)15-25-29(40)37(31(42)43-25)26-19(3)35(4)38(30(26)41)22-9-7-6-8-10-22/h6-15,34H,5,17H2,1-4H3/b25-15+. The summed E-state index contributed by atoms with van der Waals surface area (Å²) in [5.74, 6) is -0.450. The normalized spacial score (nSPS) is 14.0. The van der Waals surface area contributed by atoms with Crippen LogP contribution in [-0.4, -0.2) is 24.2 Å². The Hall–Kier alpha value is -4.73. The van der Waals surface area contributed by atoms with Gasteiger partial charge in [-0.05, 0) is 62.2 Å². The van der Waals surface area contributed by atoms with Crippen molar-refractivity contribution in [1.82, 2.24) is 13.9 Å². The molecule has 0 atom stereocenters. The number of halogens is 1. The van der Waals surface area contributed by atoms with E-state index in [1.807, 2.05) is 24.3 Å². The Morgan fingerprint density at radius 2 is 1.72 bits per heavy atom. The van der Waals surface area contributed by atoms with Crippen LogP contribution in [0.1, 0.15) is 34.9 Å². The molecule has 1 aliphatic rings. The molecule has 1 aliphatic heterocycles. The fourth-order valence-electron chi connectivity index (χ4n) is 5.05. The van der Waals surface area contributed by atoms with Crippen molar-refractivity contribution in [3.63, 3.8) is 0 Å². The number of nitriles is 1. The Kier molecular flexibility index (Phi) is 8.21. The average molecular weight is 615 g/mol. The molecule has 1 saturated heterocycles. The molecule has 2 aromatic heterocycles. The van der Waals surface area contributed by atoms with E-state index in [1.54, 1.807) is 62.8 Å². The molecule has 0 radical (unpaired) electrons. The summed E-state index contributed by atoms with van der Waals surface area (Å²) >= 11 is 6.64. The highest BCUT2D eigenvalue weighted by Crippen LogP contribution is 2.38. The number of para-hydroxylation sites is 1. The molecule has 9 nitrogen and oxygen atoms in total. The second-order valence-electron chi connectivity index (χ2n) is 9.83. The number of hydrogen-bond acceptors (Lipinski definition) is 7. The van der Waals surface area contributed by atoms with Crippen LogP contribution in [0.25, 0.3) is 11.8 Å². The number of rotatable bonds is 7. The third kappa shape index (κ3) is 5.22. The van der Waals surface area contributed by atoms with E-state index in [0.717, 1.165) is 17.3 Å². The number of nitrogens with zero attached hydrogens (tertiary/aromatic N) is 5. The minimum Gasteiger partial charge on any atom is -0.367 e. The number of anilines is 2. The van der Waals surface area contributed by atoms with Gasteiger partial charge in [-0.25, -0.2) is 9.07 Å². The van der Waals surface area contributed by atoms with Gasteiger partial charge < -0.3 is 5.32 Å². The molecular weight excluding hydrogens is 588 g/mol. The van der Waals surface area contributed by atoms with Gasteiger partial charge in [-0.2, -0.15) is 5.26 Å². The maximum absolute atomic E-state index is 13.9. The van der Waals surface area contributed by atoms with Gasteiger partial charge in [-0.1, -0.05) is 54.3 Å². The maximum Gasteiger partial charge on any atom is 0.296 e. The molecule has 43 heavy (non-hydrogen) atoms. The fourth-order valence-corrected chi connectivity index (χ4v) is 6.30. The molecule has 1 fully saturated rings. The average Bonchev–Trinajstić information content (AvgIpc) is 3.39. The lowest BCUT2D eigenvalue weighted by Gasteiger charge is -2.19. The molecule has 0 unspecified atom stereocenters. The molecule has 0 bridgehead atoms. The Morgan fingerprint density at radius 1 is 1.05 bits per heavy atom. The van der Waals surface area contributed by atoms with Crippen LogP contribution in [0.15, 0.2) is 69.1 Å². The molecule has 4 aromatic rings. The van der Waals surface area contributed by atoms with E-state index in [-0.39, 0.29) is 39.4 Å². The van der Waals surface area contributed by atoms with E-state index in [0.29, 0.717) is 28.3 Å². The van der Waals surface area contributed by atoms with E-state index in [2.05, 4.69) is 5.32 Å². The first-order chi connectivity index (χ1) is 20.6. The number of nitrogens with one attached hydrogen (secondary N) is 1. The number of carbonyl (C=O) groups is 1. The lowest BCUT2D eigenvalue weighted by atomic mass is 10.0. The molecule has 12 heteroatoms. The van der Waals surface area contributed by atoms with Crippen LogP contribution in [0.5, 0.6) is 0 Å². The first-order valence-electron chi connectivity index (χ1n) is 13.4. The summed E-state index contributed by atoms with van der Waals surface area (Å²) < 4.78 is 18.2. The summed E-state index contributed by atoms with van der Waals surface area (Å²) in [6.07, 6.45) is 1.60. The van der Waals surface area contributed by atoms with E-state index in [4.69, 9.17) is 12.2 Å². The van der Waals surface area contributed by atoms with Crippen LogP contribution in [-0.2, 0) is 24.9 Å². The van der Waals surface area contributed by atoms with Crippen molar-refractivity contribution < 1.29 is 9.18 Å². The first-order valence-corrected chi connectivity index (χ1v) is 14.6. The highest BCUT2D eigenvalue weighted by molar-refractivity contribution is 8.27. The van der Waals surface area contributed by atoms with Gasteiger partial charge in [0, 0.05) is 25.7 Å². The zero-order chi connectivity index (χ0) is 31.0. The van der Waals surface area contributed by atoms with Gasteiger partial charge in [0.2, 0.25) is 0 Å². The lowest BCUT2D eigenvalue weighted by Crippen LogP contribution is -2.33. The monoisotopic (exact) mass is 614 g/mol. The highest BCUT2D eigenvalue weighted by atomic mass is 32.2. The van der Waals surface area contributed by atoms with Crippen LogP contribution in [0.3, 0.4) is 0 Å². The van der Waals surface area contributed by atoms with Crippen LogP contribution >= 0.6 is 24.0 Å². The van der Waals surface area contributed by atoms with Gasteiger partial charge in [-0.15, -0.1) is 0 Å². The number of carbonyl (C=O) groups excluding carboxylic acids is 1. The van der Waals surface area contributed by atoms with Gasteiger partial charge in [0.05, 0.1) is 16.3 Å². The van der Waals surface area contributed by atoms with Crippen molar-refractivity contribution in [1.29, 1.82) is 5.26 Å². The zero-order valence-corrected chi connectivity index (χ0v) is 25.5. The SMILES string of the molecule is CCn1c(NCc2ccc(F)cc2)c(/C=C2/SC(=S)N(c3c(C)n(C)n(-c4ccccc4)c3=O)C2=O)c(C)c(C#N)c1=O. The zero-order valence-electron chi connectivity index (χ0n) is 23.8. The van der Waals surface area contributed by atoms with Crippen LogP contribution < -0.4 is 21.3 Å². The van der Waals surface area contributed by atoms with Crippen molar-refractivity contribution in [3.8, 4) is 11.8 Å². The van der Waals surface area contributed by atoms with Crippen molar-refractivity contribution in [3.05, 3.63) is 114 Å². The summed E-state index contributed by atoms with van der Waals surface area (Å²) in [4.78, 5) is 42.2. The number of amides is 1. The number of pyridine rings is 1. The summed E-state index contributed by atoms with van der Waals surface area (Å²) in [7, 11) is 1.74. The summed E-state index contributed by atoms with van der Waals surface area (Å²) in [5, 5.41) is 13.1. The predicted molar refractivity (Wildman–Crippen MR) is 171 cm³/mol. The van der Waals surface area contributed by atoms with Crippen molar-refractivity contribution in [2.24, 2.45) is 7.05 Å². The van der Waals surface area contributed by atoms with E-state index < -0.39 is 17.0 Å². The van der Waals surface area contributed by atoms with Gasteiger partial charge in [-0.3, -0.25) is 28.5 Å². The summed E-state index contributed by atoms with van der Waals surface area (Å²) in [6, 6.07) is 17.0. The number of thioether (sulfide) groups is 1. The van der Waals surface area contributed by atoms with Crippen molar-refractivity contribution in [2.45, 2.75) is 33.9 Å². The molecule has 5 rings (SSSR count). The van der Waals surface area contributed by atoms with Gasteiger partial charge >= 0.3 is 0 Å². The van der Waals surface area contributed by atoms with Gasteiger partial charge in [0.15, 0.2) is 4.32 Å². The third-order valence-corrected chi connectivity index (χ3v) is 8.68. The largest absolute Gasteiger partial charge is 0.367 e. The Labute approximate surface area is 256 Å². The quantitative estimate of drug-likeness (QED) is 0.231. The number of benzene rings is 2. The van der Waals surface area contributed by atoms with Gasteiger partial charge in [0.1, 0.15) is 29.0 Å². The number of aromatic nitrogens is 3. The Bertz CT molecular complexity index is 1970. The molecule has 1 N–H and O–H groups in total. The molecule has 218 valence electrons. The molecular formula is C31H27FN6O3S2. The maximum atomic E-state index is 13.9. The predicted octanol–water partition coefficient (Wildman–Crippen LogP) is 5.00. The minimum absolute atomic E-state index is 0.0411. The fraction of sp³-hybridized carbons (Fsp3) is 0.194. The molecule has 3 heterocycles. The summed E-state index contributed by atoms with van der Waals surface area (Å²) in [6.45, 7) is 5.69. The van der Waals surface area contributed by atoms with E-state index in [1.165, 1.54) is 26.3 Å². The molecule has 0 spiro atoms. The van der Waals surface area contributed by atoms with Crippen molar-refractivity contribution >= 4 is 51.8 Å². The van der Waals surface area contributed by atoms with Crippen LogP contribution in [0, 0.1) is 31.0 Å². The Balaban J connectivity index is 1.61. The number of hydrogen-bond donors (Lipinski definition) is 1. The number of thiocarbonyl (C=S) groups is 1. The van der Waals surface area contributed by atoms with Gasteiger partial charge in [0.25, 0.3) is 17.0 Å². The topological polar surface area (TPSA) is 105 Å². The smallest absolute Gasteiger partial charge is 0.296 e. The third-order valence-electron chi connectivity index (χ3n) is 7.38. The molecule has 2 aromatic carbocycles. The van der Waals surface area contributed by atoms with E-state index in [9.17, 15) is 24.0 Å². The summed E-state index contributed by atoms with van der Waals surface area (Å²) in [5.41, 5.74) is 2.08. The van der Waals surface area contributed by atoms with Crippen LogP contribution in [0.2, 0.25) is 0 Å². The second-order valence-corrected chi connectivity index (χ2v) is 11.5. The van der Waals surface area contributed by atoms with Crippen molar-refractivity contribution in [2.75, 3.05) is 10.2 Å². The molecule has 1 amide bonds. The van der Waals surface area contributed by atoms with E-state index >= 15 is 0 Å². The molecule has 0 saturated carbocycles.